The molecule has 1 aliphatic rings. The minimum Gasteiger partial charge on any atom is -0.394 e. The lowest BCUT2D eigenvalue weighted by molar-refractivity contribution is -0.298. The first kappa shape index (κ1) is 52.6. The maximum atomic E-state index is 13.0. The first-order valence-corrected chi connectivity index (χ1v) is 23.2. The minimum atomic E-state index is -5.11. The zero-order chi connectivity index (χ0) is 41.4. The van der Waals surface area contributed by atoms with Crippen LogP contribution in [0.1, 0.15) is 174 Å². The summed E-state index contributed by atoms with van der Waals surface area (Å²) in [5.74, 6) is -0.713. The molecule has 1 amide bonds. The molecule has 0 spiro atoms. The molecular weight excluding hydrogens is 743 g/mol. The third-order valence-electron chi connectivity index (χ3n) is 10.3. The van der Waals surface area contributed by atoms with Gasteiger partial charge < -0.3 is 40.3 Å². The average molecular weight is 822 g/mol. The lowest BCUT2D eigenvalue weighted by Gasteiger charge is -2.41. The van der Waals surface area contributed by atoms with E-state index in [0.29, 0.717) is 12.8 Å². The number of rotatable bonds is 36. The molecule has 1 fully saturated rings. The molecule has 0 aromatic heterocycles. The van der Waals surface area contributed by atoms with Gasteiger partial charge in [-0.05, 0) is 44.9 Å². The van der Waals surface area contributed by atoms with Crippen molar-refractivity contribution in [1.82, 2.24) is 5.32 Å². The molecule has 0 bridgehead atoms. The smallest absolute Gasteiger partial charge is 0.394 e. The van der Waals surface area contributed by atoms with Gasteiger partial charge in [0.05, 0.1) is 25.4 Å². The SMILES string of the molecule is CCCCCCCCCC/C=C/C(O)C(COC1OC(CO)C(O)C(OS(=O)(=O)O)C1O)NC(=O)C(O)CCCCCC/C=C\CCCCCCCCCCC. The summed E-state index contributed by atoms with van der Waals surface area (Å²) in [4.78, 5) is 13.0. The van der Waals surface area contributed by atoms with E-state index in [-0.39, 0.29) is 6.42 Å². The molecule has 1 saturated heterocycles. The zero-order valence-electron chi connectivity index (χ0n) is 34.6. The van der Waals surface area contributed by atoms with Gasteiger partial charge in [-0.2, -0.15) is 8.42 Å². The summed E-state index contributed by atoms with van der Waals surface area (Å²) in [6.45, 7) is 3.17. The summed E-state index contributed by atoms with van der Waals surface area (Å²) >= 11 is 0. The Balaban J connectivity index is 2.59. The Kier molecular flexibility index (Phi) is 31.3. The second-order valence-corrected chi connectivity index (χ2v) is 16.5. The molecule has 0 saturated carbocycles. The second-order valence-electron chi connectivity index (χ2n) is 15.4. The maximum Gasteiger partial charge on any atom is 0.397 e. The lowest BCUT2D eigenvalue weighted by atomic mass is 9.99. The number of hydrogen-bond donors (Lipinski definition) is 7. The van der Waals surface area contributed by atoms with E-state index in [9.17, 15) is 38.7 Å². The number of amides is 1. The van der Waals surface area contributed by atoms with E-state index in [1.807, 2.05) is 6.08 Å². The van der Waals surface area contributed by atoms with Gasteiger partial charge in [0.25, 0.3) is 0 Å². The predicted molar refractivity (Wildman–Crippen MR) is 219 cm³/mol. The van der Waals surface area contributed by atoms with Gasteiger partial charge in [-0.3, -0.25) is 9.35 Å². The Morgan fingerprint density at radius 1 is 0.714 bits per heavy atom. The Labute approximate surface area is 338 Å². The van der Waals surface area contributed by atoms with Gasteiger partial charge in [0, 0.05) is 0 Å². The van der Waals surface area contributed by atoms with E-state index < -0.39 is 78.5 Å². The van der Waals surface area contributed by atoms with Crippen molar-refractivity contribution in [3.8, 4) is 0 Å². The molecule has 0 aromatic rings. The molecular formula is C42H79NO12S. The third-order valence-corrected chi connectivity index (χ3v) is 10.8. The van der Waals surface area contributed by atoms with Crippen molar-refractivity contribution in [3.63, 3.8) is 0 Å². The van der Waals surface area contributed by atoms with Crippen molar-refractivity contribution in [2.24, 2.45) is 0 Å². The van der Waals surface area contributed by atoms with Crippen LogP contribution in [0.25, 0.3) is 0 Å². The number of aliphatic hydroxyl groups excluding tert-OH is 5. The van der Waals surface area contributed by atoms with Crippen LogP contribution in [0.3, 0.4) is 0 Å². The van der Waals surface area contributed by atoms with Crippen LogP contribution in [0.4, 0.5) is 0 Å². The van der Waals surface area contributed by atoms with Gasteiger partial charge in [-0.25, -0.2) is 4.18 Å². The number of ether oxygens (including phenoxy) is 2. The fraction of sp³-hybridized carbons (Fsp3) is 0.881. The highest BCUT2D eigenvalue weighted by molar-refractivity contribution is 7.80. The molecule has 0 aliphatic carbocycles. The van der Waals surface area contributed by atoms with Crippen molar-refractivity contribution in [1.29, 1.82) is 0 Å². The number of hydrogen-bond acceptors (Lipinski definition) is 11. The molecule has 0 radical (unpaired) electrons. The summed E-state index contributed by atoms with van der Waals surface area (Å²) in [5, 5.41) is 55.0. The van der Waals surface area contributed by atoms with E-state index in [2.05, 4.69) is 35.5 Å². The summed E-state index contributed by atoms with van der Waals surface area (Å²) in [6.07, 6.45) is 24.2. The third kappa shape index (κ3) is 25.8. The summed E-state index contributed by atoms with van der Waals surface area (Å²) in [7, 11) is -5.11. The van der Waals surface area contributed by atoms with Gasteiger partial charge in [0.2, 0.25) is 5.91 Å². The molecule has 0 aromatic carbocycles. The second kappa shape index (κ2) is 33.4. The molecule has 7 N–H and O–H groups in total. The molecule has 8 atom stereocenters. The highest BCUT2D eigenvalue weighted by Crippen LogP contribution is 2.26. The van der Waals surface area contributed by atoms with Gasteiger partial charge in [0.1, 0.15) is 30.5 Å². The number of carbonyl (C=O) groups excluding carboxylic acids is 1. The van der Waals surface area contributed by atoms with Crippen molar-refractivity contribution < 1.29 is 57.0 Å². The van der Waals surface area contributed by atoms with Gasteiger partial charge >= 0.3 is 10.4 Å². The van der Waals surface area contributed by atoms with Crippen molar-refractivity contribution in [3.05, 3.63) is 24.3 Å². The summed E-state index contributed by atoms with van der Waals surface area (Å²) in [5.41, 5.74) is 0. The van der Waals surface area contributed by atoms with E-state index >= 15 is 0 Å². The normalized spacial score (nSPS) is 22.2. The van der Waals surface area contributed by atoms with Gasteiger partial charge in [0.15, 0.2) is 6.29 Å². The summed E-state index contributed by atoms with van der Waals surface area (Å²) in [6, 6.07) is -1.12. The number of carbonyl (C=O) groups is 1. The molecule has 14 heteroatoms. The average Bonchev–Trinajstić information content (AvgIpc) is 3.16. The molecule has 330 valence electrons. The monoisotopic (exact) mass is 822 g/mol. The number of nitrogens with one attached hydrogen (secondary N) is 1. The van der Waals surface area contributed by atoms with Crippen molar-refractivity contribution in [2.75, 3.05) is 13.2 Å². The van der Waals surface area contributed by atoms with Crippen LogP contribution in [0, 0.1) is 0 Å². The van der Waals surface area contributed by atoms with E-state index in [0.717, 1.165) is 51.4 Å². The van der Waals surface area contributed by atoms with Crippen molar-refractivity contribution in [2.45, 2.75) is 223 Å². The topological polar surface area (TPSA) is 212 Å². The summed E-state index contributed by atoms with van der Waals surface area (Å²) < 4.78 is 47.3. The fourth-order valence-electron chi connectivity index (χ4n) is 6.81. The van der Waals surface area contributed by atoms with Crippen LogP contribution < -0.4 is 5.32 Å². The lowest BCUT2D eigenvalue weighted by Crippen LogP contribution is -2.61. The van der Waals surface area contributed by atoms with Crippen molar-refractivity contribution >= 4 is 16.3 Å². The Hall–Kier alpha value is -1.46. The fourth-order valence-corrected chi connectivity index (χ4v) is 7.32. The number of allylic oxidation sites excluding steroid dienone is 3. The molecule has 56 heavy (non-hydrogen) atoms. The molecule has 13 nitrogen and oxygen atoms in total. The molecule has 1 aliphatic heterocycles. The van der Waals surface area contributed by atoms with E-state index in [4.69, 9.17) is 14.0 Å². The van der Waals surface area contributed by atoms with Crippen LogP contribution in [-0.2, 0) is 28.9 Å². The highest BCUT2D eigenvalue weighted by atomic mass is 32.3. The van der Waals surface area contributed by atoms with Crippen LogP contribution in [0.15, 0.2) is 24.3 Å². The van der Waals surface area contributed by atoms with Gasteiger partial charge in [-0.15, -0.1) is 0 Å². The predicted octanol–water partition coefficient (Wildman–Crippen LogP) is 6.74. The first-order valence-electron chi connectivity index (χ1n) is 21.8. The Morgan fingerprint density at radius 3 is 1.66 bits per heavy atom. The molecule has 1 heterocycles. The van der Waals surface area contributed by atoms with Crippen LogP contribution >= 0.6 is 0 Å². The number of aliphatic hydroxyl groups is 5. The number of unbranched alkanes of at least 4 members (excludes halogenated alkanes) is 21. The Bertz CT molecular complexity index is 1120. The van der Waals surface area contributed by atoms with E-state index in [1.165, 1.54) is 96.0 Å². The Morgan fingerprint density at radius 2 is 1.18 bits per heavy atom. The van der Waals surface area contributed by atoms with Gasteiger partial charge in [-0.1, -0.05) is 154 Å². The highest BCUT2D eigenvalue weighted by Gasteiger charge is 2.48. The standard InChI is InChI=1S/C42H79NO12S/c1-3-5-7-9-11-13-15-16-17-18-19-20-21-23-25-27-29-31-36(46)41(49)43-34(35(45)30-28-26-24-22-14-12-10-8-6-4-2)33-53-42-39(48)40(55-56(50,51)52)38(47)37(32-44)54-42/h19-20,28,30,34-40,42,44-48H,3-18,21-27,29,31-33H2,1-2H3,(H,43,49)(H,50,51,52)/b20-19-,30-28+. The van der Waals surface area contributed by atoms with Crippen LogP contribution in [0.2, 0.25) is 0 Å². The maximum absolute atomic E-state index is 13.0. The van der Waals surface area contributed by atoms with E-state index in [1.54, 1.807) is 0 Å². The zero-order valence-corrected chi connectivity index (χ0v) is 35.4. The van der Waals surface area contributed by atoms with Crippen LogP contribution in [0.5, 0.6) is 0 Å². The minimum absolute atomic E-state index is 0.230. The molecule has 1 rings (SSSR count). The quantitative estimate of drug-likeness (QED) is 0.0199. The largest absolute Gasteiger partial charge is 0.397 e. The first-order chi connectivity index (χ1) is 26.9. The van der Waals surface area contributed by atoms with Crippen LogP contribution in [-0.4, -0.2) is 107 Å². The molecule has 8 unspecified atom stereocenters.